The van der Waals surface area contributed by atoms with Gasteiger partial charge in [-0.3, -0.25) is 4.79 Å². The zero-order valence-electron chi connectivity index (χ0n) is 5.40. The fourth-order valence-electron chi connectivity index (χ4n) is 0.428. The Morgan fingerprint density at radius 3 is 2.20 bits per heavy atom. The van der Waals surface area contributed by atoms with Crippen molar-refractivity contribution in [3.05, 3.63) is 0 Å². The van der Waals surface area contributed by atoms with Gasteiger partial charge in [-0.05, 0) is 0 Å². The summed E-state index contributed by atoms with van der Waals surface area (Å²) >= 11 is 0. The Kier molecular flexibility index (Phi) is 4.13. The third-order valence-corrected chi connectivity index (χ3v) is 1.05. The second-order valence-electron chi connectivity index (χ2n) is 1.85. The van der Waals surface area contributed by atoms with Crippen LogP contribution in [0, 0.1) is 0 Å². The number of hydrogen-bond acceptors (Lipinski definition) is 5. The van der Waals surface area contributed by atoms with Crippen LogP contribution in [-0.4, -0.2) is 46.5 Å². The topological polar surface area (TPSA) is 104 Å². The summed E-state index contributed by atoms with van der Waals surface area (Å²) in [7, 11) is 0. The van der Waals surface area contributed by atoms with Gasteiger partial charge >= 0.3 is 0 Å². The molecule has 2 atom stereocenters. The van der Waals surface area contributed by atoms with Crippen LogP contribution in [0.2, 0.25) is 0 Å². The molecule has 0 aromatic heterocycles. The number of hydrogen-bond donors (Lipinski definition) is 4. The van der Waals surface area contributed by atoms with Crippen molar-refractivity contribution in [3.63, 3.8) is 0 Å². The monoisotopic (exact) mass is 149 g/mol. The van der Waals surface area contributed by atoms with Gasteiger partial charge in [0.05, 0.1) is 6.61 Å². The van der Waals surface area contributed by atoms with Gasteiger partial charge in [0.25, 0.3) is 0 Å². The van der Waals surface area contributed by atoms with Crippen molar-refractivity contribution in [1.82, 2.24) is 0 Å². The van der Waals surface area contributed by atoms with Gasteiger partial charge in [0, 0.05) is 6.54 Å². The molecule has 0 spiro atoms. The Morgan fingerprint density at radius 1 is 1.40 bits per heavy atom. The van der Waals surface area contributed by atoms with Crippen LogP contribution in [0.3, 0.4) is 0 Å². The number of ketones is 1. The summed E-state index contributed by atoms with van der Waals surface area (Å²) < 4.78 is 0. The molecule has 0 bridgehead atoms. The van der Waals surface area contributed by atoms with Gasteiger partial charge in [-0.25, -0.2) is 0 Å². The molecule has 10 heavy (non-hydrogen) atoms. The molecule has 0 heterocycles. The molecule has 5 N–H and O–H groups in total. The Bertz CT molecular complexity index is 104. The molecule has 0 aromatic rings. The molecule has 1 unspecified atom stereocenters. The molecule has 0 aromatic carbocycles. The van der Waals surface area contributed by atoms with Crippen molar-refractivity contribution in [2.75, 3.05) is 13.2 Å². The predicted octanol–water partition coefficient (Wildman–Crippen LogP) is -2.77. The minimum absolute atomic E-state index is 0.240. The van der Waals surface area contributed by atoms with E-state index in [0.29, 0.717) is 0 Å². The van der Waals surface area contributed by atoms with Gasteiger partial charge in [0.2, 0.25) is 0 Å². The number of rotatable bonds is 4. The van der Waals surface area contributed by atoms with Crippen LogP contribution in [0.15, 0.2) is 0 Å². The lowest BCUT2D eigenvalue weighted by molar-refractivity contribution is -0.136. The van der Waals surface area contributed by atoms with Gasteiger partial charge in [0.15, 0.2) is 5.78 Å². The van der Waals surface area contributed by atoms with E-state index in [4.69, 9.17) is 21.1 Å². The Hall–Kier alpha value is -0.490. The molecule has 0 rings (SSSR count). The van der Waals surface area contributed by atoms with Gasteiger partial charge < -0.3 is 21.1 Å². The Morgan fingerprint density at radius 2 is 1.90 bits per heavy atom. The lowest BCUT2D eigenvalue weighted by Gasteiger charge is -2.09. The summed E-state index contributed by atoms with van der Waals surface area (Å²) in [6, 6.07) is 0. The predicted molar refractivity (Wildman–Crippen MR) is 33.2 cm³/mol. The van der Waals surface area contributed by atoms with Crippen LogP contribution in [-0.2, 0) is 4.79 Å². The van der Waals surface area contributed by atoms with E-state index in [-0.39, 0.29) is 6.54 Å². The fourth-order valence-corrected chi connectivity index (χ4v) is 0.428. The summed E-state index contributed by atoms with van der Waals surface area (Å²) in [5, 5.41) is 25.5. The molecule has 0 aliphatic rings. The smallest absolute Gasteiger partial charge is 0.193 e. The number of aliphatic hydroxyl groups is 3. The van der Waals surface area contributed by atoms with Crippen LogP contribution in [0.4, 0.5) is 0 Å². The molecular formula is C5H11NO4. The van der Waals surface area contributed by atoms with Crippen LogP contribution in [0.5, 0.6) is 0 Å². The summed E-state index contributed by atoms with van der Waals surface area (Å²) in [6.07, 6.45) is -2.89. The highest BCUT2D eigenvalue weighted by Gasteiger charge is 2.20. The first-order valence-corrected chi connectivity index (χ1v) is 2.84. The minimum atomic E-state index is -1.52. The van der Waals surface area contributed by atoms with Crippen molar-refractivity contribution < 1.29 is 20.1 Å². The van der Waals surface area contributed by atoms with Crippen LogP contribution >= 0.6 is 0 Å². The summed E-state index contributed by atoms with van der Waals surface area (Å²) in [6.45, 7) is -0.925. The molecule has 0 aliphatic heterocycles. The zero-order valence-corrected chi connectivity index (χ0v) is 5.40. The second-order valence-corrected chi connectivity index (χ2v) is 1.85. The molecular weight excluding hydrogens is 138 g/mol. The second kappa shape index (κ2) is 4.35. The Balaban J connectivity index is 3.82. The molecule has 0 saturated carbocycles. The van der Waals surface area contributed by atoms with Gasteiger partial charge in [-0.15, -0.1) is 0 Å². The van der Waals surface area contributed by atoms with Crippen molar-refractivity contribution in [2.24, 2.45) is 5.73 Å². The van der Waals surface area contributed by atoms with E-state index >= 15 is 0 Å². The summed E-state index contributed by atoms with van der Waals surface area (Å²) in [5.41, 5.74) is 4.90. The zero-order chi connectivity index (χ0) is 8.15. The molecule has 0 saturated heterocycles. The van der Waals surface area contributed by atoms with E-state index in [1.54, 1.807) is 0 Å². The van der Waals surface area contributed by atoms with Crippen LogP contribution < -0.4 is 5.73 Å². The maximum atomic E-state index is 10.6. The van der Waals surface area contributed by atoms with E-state index in [0.717, 1.165) is 0 Å². The van der Waals surface area contributed by atoms with Crippen molar-refractivity contribution in [1.29, 1.82) is 0 Å². The highest BCUT2D eigenvalue weighted by Crippen LogP contribution is 1.89. The first-order valence-electron chi connectivity index (χ1n) is 2.84. The van der Waals surface area contributed by atoms with Gasteiger partial charge in [-0.2, -0.15) is 0 Å². The van der Waals surface area contributed by atoms with E-state index in [1.807, 2.05) is 0 Å². The van der Waals surface area contributed by atoms with Crippen molar-refractivity contribution in [2.45, 2.75) is 12.2 Å². The number of Topliss-reactive ketones (excluding diaryl/α,β-unsaturated/α-hetero) is 1. The third-order valence-electron chi connectivity index (χ3n) is 1.05. The maximum absolute atomic E-state index is 10.6. The number of aliphatic hydroxyl groups excluding tert-OH is 3. The van der Waals surface area contributed by atoms with E-state index in [2.05, 4.69) is 0 Å². The van der Waals surface area contributed by atoms with Gasteiger partial charge in [0.1, 0.15) is 12.2 Å². The number of carbonyl (C=O) groups is 1. The normalized spacial score (nSPS) is 16.4. The van der Waals surface area contributed by atoms with E-state index in [9.17, 15) is 4.79 Å². The first-order chi connectivity index (χ1) is 4.63. The molecule has 60 valence electrons. The molecule has 5 heteroatoms. The van der Waals surface area contributed by atoms with E-state index < -0.39 is 24.6 Å². The van der Waals surface area contributed by atoms with E-state index in [1.165, 1.54) is 0 Å². The molecule has 0 fully saturated rings. The molecule has 0 aliphatic carbocycles. The quantitative estimate of drug-likeness (QED) is 0.346. The lowest BCUT2D eigenvalue weighted by Crippen LogP contribution is -2.38. The minimum Gasteiger partial charge on any atom is -0.393 e. The first kappa shape index (κ1) is 9.51. The number of nitrogens with two attached hydrogens (primary N) is 1. The average molecular weight is 149 g/mol. The molecule has 0 amide bonds. The highest BCUT2D eigenvalue weighted by atomic mass is 16.3. The lowest BCUT2D eigenvalue weighted by atomic mass is 10.1. The SMILES string of the molecule is NC[C@@H](O)C(=O)C(O)CO. The van der Waals surface area contributed by atoms with Crippen molar-refractivity contribution >= 4 is 5.78 Å². The standard InChI is InChI=1S/C5H11NO4/c6-1-3(8)5(10)4(9)2-7/h3-4,7-9H,1-2,6H2/t3-,4?/m1/s1. The summed E-state index contributed by atoms with van der Waals surface area (Å²) in [5.74, 6) is -0.843. The summed E-state index contributed by atoms with van der Waals surface area (Å²) in [4.78, 5) is 10.6. The third kappa shape index (κ3) is 2.40. The number of carbonyl (C=O) groups excluding carboxylic acids is 1. The highest BCUT2D eigenvalue weighted by molar-refractivity contribution is 5.87. The maximum Gasteiger partial charge on any atom is 0.193 e. The van der Waals surface area contributed by atoms with Crippen LogP contribution in [0.25, 0.3) is 0 Å². The fraction of sp³-hybridized carbons (Fsp3) is 0.800. The molecule has 0 radical (unpaired) electrons. The van der Waals surface area contributed by atoms with Gasteiger partial charge in [-0.1, -0.05) is 0 Å². The largest absolute Gasteiger partial charge is 0.393 e. The molecule has 5 nitrogen and oxygen atoms in total. The average Bonchev–Trinajstić information content (AvgIpc) is 2.00. The Labute approximate surface area is 58.1 Å². The van der Waals surface area contributed by atoms with Crippen molar-refractivity contribution in [3.8, 4) is 0 Å². The van der Waals surface area contributed by atoms with Crippen LogP contribution in [0.1, 0.15) is 0 Å².